The Morgan fingerprint density at radius 1 is 1.50 bits per heavy atom. The van der Waals surface area contributed by atoms with Crippen molar-refractivity contribution in [3.63, 3.8) is 0 Å². The highest BCUT2D eigenvalue weighted by Crippen LogP contribution is 2.14. The zero-order valence-electron chi connectivity index (χ0n) is 7.34. The molecule has 0 saturated heterocycles. The molecule has 2 heterocycles. The van der Waals surface area contributed by atoms with Crippen molar-refractivity contribution >= 4 is 22.9 Å². The minimum absolute atomic E-state index is 0.694. The number of rotatable bonds is 3. The van der Waals surface area contributed by atoms with Crippen LogP contribution in [0.1, 0.15) is 0 Å². The quantitative estimate of drug-likeness (QED) is 0.577. The Labute approximate surface area is 84.8 Å². The van der Waals surface area contributed by atoms with Gasteiger partial charge in [-0.15, -0.1) is 0 Å². The highest BCUT2D eigenvalue weighted by atomic mass is 32.2. The number of nitrogens with two attached hydrogens (primary N) is 1. The van der Waals surface area contributed by atoms with Crippen LogP contribution in [0.25, 0.3) is 11.2 Å². The molecule has 0 unspecified atom stereocenters. The van der Waals surface area contributed by atoms with Crippen LogP contribution in [0.5, 0.6) is 0 Å². The van der Waals surface area contributed by atoms with Gasteiger partial charge in [-0.05, 0) is 6.20 Å². The molecule has 72 valence electrons. The monoisotopic (exact) mass is 207 g/mol. The van der Waals surface area contributed by atoms with E-state index in [1.54, 1.807) is 12.5 Å². The molecule has 0 atom stereocenters. The van der Waals surface area contributed by atoms with Gasteiger partial charge in [-0.1, -0.05) is 17.8 Å². The molecule has 0 bridgehead atoms. The number of hydrogen-bond acceptors (Lipinski definition) is 5. The number of aromatic nitrogens is 4. The molecular weight excluding hydrogens is 198 g/mol. The molecule has 2 rings (SSSR count). The van der Waals surface area contributed by atoms with E-state index in [0.29, 0.717) is 10.8 Å². The second-order valence-electron chi connectivity index (χ2n) is 2.53. The molecular formula is C8H9N5S. The molecule has 3 N–H and O–H groups in total. The lowest BCUT2D eigenvalue weighted by Gasteiger charge is -1.94. The van der Waals surface area contributed by atoms with Gasteiger partial charge in [0.2, 0.25) is 0 Å². The van der Waals surface area contributed by atoms with Gasteiger partial charge in [0.15, 0.2) is 10.8 Å². The smallest absolute Gasteiger partial charge is 0.190 e. The number of hydrogen-bond donors (Lipinski definition) is 2. The van der Waals surface area contributed by atoms with Gasteiger partial charge in [-0.25, -0.2) is 15.0 Å². The maximum Gasteiger partial charge on any atom is 0.190 e. The van der Waals surface area contributed by atoms with Crippen molar-refractivity contribution in [1.29, 1.82) is 0 Å². The Balaban J connectivity index is 2.17. The van der Waals surface area contributed by atoms with Crippen LogP contribution < -0.4 is 5.73 Å². The fraction of sp³-hybridized carbons (Fsp3) is 0.125. The molecule has 2 aromatic heterocycles. The van der Waals surface area contributed by atoms with E-state index in [1.165, 1.54) is 18.0 Å². The number of nitrogens with zero attached hydrogens (tertiary/aromatic N) is 3. The zero-order chi connectivity index (χ0) is 9.80. The summed E-state index contributed by atoms with van der Waals surface area (Å²) in [6, 6.07) is 0. The second kappa shape index (κ2) is 4.10. The van der Waals surface area contributed by atoms with Crippen molar-refractivity contribution in [3.05, 3.63) is 24.8 Å². The molecule has 0 aliphatic carbocycles. The van der Waals surface area contributed by atoms with Crippen molar-refractivity contribution in [3.8, 4) is 0 Å². The summed E-state index contributed by atoms with van der Waals surface area (Å²) >= 11 is 1.52. The second-order valence-corrected chi connectivity index (χ2v) is 3.52. The molecule has 0 aromatic carbocycles. The number of H-pyrrole nitrogens is 1. The van der Waals surface area contributed by atoms with Gasteiger partial charge in [0.1, 0.15) is 5.52 Å². The molecule has 0 aliphatic rings. The first kappa shape index (κ1) is 9.01. The third-order valence-corrected chi connectivity index (χ3v) is 2.41. The first-order valence-corrected chi connectivity index (χ1v) is 5.04. The summed E-state index contributed by atoms with van der Waals surface area (Å²) in [6.07, 6.45) is 6.69. The maximum absolute atomic E-state index is 5.21. The first-order valence-electron chi connectivity index (χ1n) is 4.06. The third-order valence-electron chi connectivity index (χ3n) is 1.60. The number of thioether (sulfide) groups is 1. The average Bonchev–Trinajstić information content (AvgIpc) is 2.65. The van der Waals surface area contributed by atoms with Crippen LogP contribution in [-0.4, -0.2) is 25.7 Å². The van der Waals surface area contributed by atoms with Gasteiger partial charge in [0.05, 0.1) is 12.5 Å². The van der Waals surface area contributed by atoms with Crippen LogP contribution >= 0.6 is 11.8 Å². The van der Waals surface area contributed by atoms with E-state index in [1.807, 2.05) is 6.08 Å². The SMILES string of the molecule is NC=CCSc1ncc2[nH]cnc2n1. The third kappa shape index (κ3) is 1.85. The Morgan fingerprint density at radius 2 is 2.43 bits per heavy atom. The Hall–Kier alpha value is -1.56. The largest absolute Gasteiger partial charge is 0.405 e. The molecule has 2 aromatic rings. The van der Waals surface area contributed by atoms with Crippen LogP contribution in [0.4, 0.5) is 0 Å². The fourth-order valence-corrected chi connectivity index (χ4v) is 1.60. The van der Waals surface area contributed by atoms with Crippen molar-refractivity contribution in [2.75, 3.05) is 5.75 Å². The predicted octanol–water partition coefficient (Wildman–Crippen LogP) is 0.917. The molecule has 5 nitrogen and oxygen atoms in total. The summed E-state index contributed by atoms with van der Waals surface area (Å²) in [4.78, 5) is 15.4. The summed E-state index contributed by atoms with van der Waals surface area (Å²) in [5, 5.41) is 0.711. The lowest BCUT2D eigenvalue weighted by Crippen LogP contribution is -1.88. The lowest BCUT2D eigenvalue weighted by molar-refractivity contribution is 0.995. The van der Waals surface area contributed by atoms with Crippen LogP contribution in [-0.2, 0) is 0 Å². The van der Waals surface area contributed by atoms with E-state index >= 15 is 0 Å². The summed E-state index contributed by atoms with van der Waals surface area (Å²) in [7, 11) is 0. The highest BCUT2D eigenvalue weighted by molar-refractivity contribution is 7.99. The molecule has 0 fully saturated rings. The topological polar surface area (TPSA) is 80.5 Å². The van der Waals surface area contributed by atoms with Gasteiger partial charge in [-0.3, -0.25) is 0 Å². The normalized spacial score (nSPS) is 11.4. The van der Waals surface area contributed by atoms with Crippen molar-refractivity contribution in [2.24, 2.45) is 5.73 Å². The van der Waals surface area contributed by atoms with Gasteiger partial charge >= 0.3 is 0 Å². The lowest BCUT2D eigenvalue weighted by atomic mass is 10.6. The number of aromatic amines is 1. The first-order chi connectivity index (χ1) is 6.90. The average molecular weight is 207 g/mol. The molecule has 0 amide bonds. The van der Waals surface area contributed by atoms with Crippen molar-refractivity contribution in [2.45, 2.75) is 5.16 Å². The van der Waals surface area contributed by atoms with E-state index in [-0.39, 0.29) is 0 Å². The number of fused-ring (bicyclic) bond motifs is 1. The summed E-state index contributed by atoms with van der Waals surface area (Å²) in [5.41, 5.74) is 6.76. The van der Waals surface area contributed by atoms with Crippen LogP contribution in [0.15, 0.2) is 30.0 Å². The summed E-state index contributed by atoms with van der Waals surface area (Å²) < 4.78 is 0. The molecule has 6 heteroatoms. The van der Waals surface area contributed by atoms with Crippen molar-refractivity contribution in [1.82, 2.24) is 19.9 Å². The molecule has 14 heavy (non-hydrogen) atoms. The van der Waals surface area contributed by atoms with E-state index in [2.05, 4.69) is 19.9 Å². The predicted molar refractivity (Wildman–Crippen MR) is 55.7 cm³/mol. The molecule has 0 aliphatic heterocycles. The van der Waals surface area contributed by atoms with Crippen molar-refractivity contribution < 1.29 is 0 Å². The summed E-state index contributed by atoms with van der Waals surface area (Å²) in [5.74, 6) is 0.770. The van der Waals surface area contributed by atoms with Gasteiger partial charge < -0.3 is 10.7 Å². The van der Waals surface area contributed by atoms with Gasteiger partial charge in [0, 0.05) is 5.75 Å². The summed E-state index contributed by atoms with van der Waals surface area (Å²) in [6.45, 7) is 0. The molecule has 0 spiro atoms. The molecule has 0 radical (unpaired) electrons. The number of imidazole rings is 1. The van der Waals surface area contributed by atoms with E-state index in [4.69, 9.17) is 5.73 Å². The van der Waals surface area contributed by atoms with Crippen LogP contribution in [0.2, 0.25) is 0 Å². The van der Waals surface area contributed by atoms with Gasteiger partial charge in [0.25, 0.3) is 0 Å². The minimum atomic E-state index is 0.694. The van der Waals surface area contributed by atoms with E-state index in [0.717, 1.165) is 11.3 Å². The Kier molecular flexibility index (Phi) is 2.64. The maximum atomic E-state index is 5.21. The minimum Gasteiger partial charge on any atom is -0.405 e. The van der Waals surface area contributed by atoms with E-state index in [9.17, 15) is 0 Å². The highest BCUT2D eigenvalue weighted by Gasteiger charge is 2.00. The van der Waals surface area contributed by atoms with E-state index < -0.39 is 0 Å². The zero-order valence-corrected chi connectivity index (χ0v) is 8.16. The Bertz CT molecular complexity index is 450. The molecule has 0 saturated carbocycles. The Morgan fingerprint density at radius 3 is 3.29 bits per heavy atom. The fourth-order valence-electron chi connectivity index (χ4n) is 0.968. The van der Waals surface area contributed by atoms with Crippen LogP contribution in [0.3, 0.4) is 0 Å². The number of nitrogens with one attached hydrogen (secondary N) is 1. The van der Waals surface area contributed by atoms with Gasteiger partial charge in [-0.2, -0.15) is 0 Å². The standard InChI is InChI=1S/C8H9N5S/c9-2-1-3-14-8-10-4-6-7(13-8)12-5-11-6/h1-2,4-5H,3,9H2,(H,10,11,12,13). The van der Waals surface area contributed by atoms with Crippen LogP contribution in [0, 0.1) is 0 Å².